The number of hydrogen-bond donors (Lipinski definition) is 0. The highest BCUT2D eigenvalue weighted by Crippen LogP contribution is 2.58. The molecule has 7 rings (SSSR count). The normalized spacial score (nSPS) is 15.6. The molecule has 0 atom stereocenters. The first kappa shape index (κ1) is 25.3. The summed E-state index contributed by atoms with van der Waals surface area (Å²) in [5.41, 5.74) is 4.92. The van der Waals surface area contributed by atoms with E-state index in [0.717, 1.165) is 45.0 Å². The molecule has 0 amide bonds. The summed E-state index contributed by atoms with van der Waals surface area (Å²) < 4.78 is 48.7. The highest BCUT2D eigenvalue weighted by molar-refractivity contribution is 6.08. The van der Waals surface area contributed by atoms with Crippen LogP contribution >= 0.6 is 0 Å². The van der Waals surface area contributed by atoms with Crippen molar-refractivity contribution in [3.8, 4) is 28.4 Å². The molecular weight excluding hydrogens is 518 g/mol. The molecule has 1 aliphatic heterocycles. The second kappa shape index (κ2) is 8.93. The molecule has 0 bridgehead atoms. The smallest absolute Gasteiger partial charge is 0.178 e. The van der Waals surface area contributed by atoms with E-state index in [9.17, 15) is 4.39 Å². The molecule has 3 nitrogen and oxygen atoms in total. The first-order chi connectivity index (χ1) is 19.8. The Balaban J connectivity index is 1.56. The lowest BCUT2D eigenvalue weighted by Crippen LogP contribution is -2.35. The summed E-state index contributed by atoms with van der Waals surface area (Å²) in [5, 5.41) is 0.770. The van der Waals surface area contributed by atoms with Crippen molar-refractivity contribution in [2.45, 2.75) is 24.9 Å². The van der Waals surface area contributed by atoms with Gasteiger partial charge in [-0.3, -0.25) is 0 Å². The van der Waals surface area contributed by atoms with Crippen LogP contribution in [0.15, 0.2) is 91.0 Å². The number of benzene rings is 5. The van der Waals surface area contributed by atoms with Crippen molar-refractivity contribution in [3.05, 3.63) is 130 Å². The van der Waals surface area contributed by atoms with Crippen LogP contribution < -0.4 is 14.2 Å². The van der Waals surface area contributed by atoms with Gasteiger partial charge in [0, 0.05) is 28.2 Å². The van der Waals surface area contributed by atoms with Crippen LogP contribution in [0.2, 0.25) is 0 Å². The molecule has 0 aromatic heterocycles. The largest absolute Gasteiger partial charge is 0.497 e. The van der Waals surface area contributed by atoms with Gasteiger partial charge < -0.3 is 14.2 Å². The van der Waals surface area contributed by atoms with E-state index < -0.39 is 22.7 Å². The third kappa shape index (κ3) is 3.54. The highest BCUT2D eigenvalue weighted by atomic mass is 19.1. The number of hydrogen-bond acceptors (Lipinski definition) is 3. The summed E-state index contributed by atoms with van der Waals surface area (Å²) >= 11 is 0. The Morgan fingerprint density at radius 3 is 1.98 bits per heavy atom. The molecule has 0 saturated carbocycles. The van der Waals surface area contributed by atoms with Gasteiger partial charge in [-0.1, -0.05) is 68.5 Å². The predicted molar refractivity (Wildman–Crippen MR) is 158 cm³/mol. The van der Waals surface area contributed by atoms with Crippen molar-refractivity contribution in [3.63, 3.8) is 0 Å². The Hall–Kier alpha value is -4.64. The van der Waals surface area contributed by atoms with Crippen LogP contribution in [0, 0.1) is 11.6 Å². The Kier molecular flexibility index (Phi) is 5.52. The molecule has 41 heavy (non-hydrogen) atoms. The molecule has 2 aliphatic rings. The molecule has 0 radical (unpaired) electrons. The van der Waals surface area contributed by atoms with Crippen LogP contribution in [-0.4, -0.2) is 14.2 Å². The minimum atomic E-state index is -1.09. The molecule has 5 aromatic rings. The molecule has 1 heterocycles. The lowest BCUT2D eigenvalue weighted by molar-refractivity contribution is 0.163. The fourth-order valence-electron chi connectivity index (χ4n) is 6.64. The van der Waals surface area contributed by atoms with Crippen LogP contribution in [0.3, 0.4) is 0 Å². The zero-order valence-corrected chi connectivity index (χ0v) is 23.2. The molecule has 0 N–H and O–H groups in total. The molecule has 0 saturated heterocycles. The van der Waals surface area contributed by atoms with Crippen molar-refractivity contribution in [2.24, 2.45) is 0 Å². The molecule has 0 unspecified atom stereocenters. The Morgan fingerprint density at radius 2 is 1.37 bits per heavy atom. The average Bonchev–Trinajstić information content (AvgIpc) is 3.24. The average molecular weight is 547 g/mol. The first-order valence-electron chi connectivity index (χ1n) is 13.5. The van der Waals surface area contributed by atoms with E-state index in [0.29, 0.717) is 22.6 Å². The maximum Gasteiger partial charge on any atom is 0.178 e. The van der Waals surface area contributed by atoms with Gasteiger partial charge in [-0.25, -0.2) is 8.78 Å². The maximum absolute atomic E-state index is 15.9. The summed E-state index contributed by atoms with van der Waals surface area (Å²) in [6.07, 6.45) is 4.08. The minimum Gasteiger partial charge on any atom is -0.497 e. The third-order valence-corrected chi connectivity index (χ3v) is 8.60. The second-order valence-corrected chi connectivity index (χ2v) is 11.1. The van der Waals surface area contributed by atoms with E-state index in [4.69, 9.17) is 14.2 Å². The number of fused-ring (bicyclic) bond motifs is 8. The van der Waals surface area contributed by atoms with Gasteiger partial charge in [0.05, 0.1) is 19.6 Å². The summed E-state index contributed by atoms with van der Waals surface area (Å²) in [6.45, 7) is 4.31. The van der Waals surface area contributed by atoms with E-state index in [2.05, 4.69) is 19.9 Å². The number of ether oxygens (including phenoxy) is 3. The molecule has 0 fully saturated rings. The lowest BCUT2D eigenvalue weighted by atomic mass is 9.76. The van der Waals surface area contributed by atoms with Crippen molar-refractivity contribution < 1.29 is 23.0 Å². The van der Waals surface area contributed by atoms with Gasteiger partial charge in [-0.2, -0.15) is 0 Å². The Bertz CT molecular complexity index is 1820. The topological polar surface area (TPSA) is 27.7 Å². The van der Waals surface area contributed by atoms with Crippen molar-refractivity contribution in [2.75, 3.05) is 14.2 Å². The summed E-state index contributed by atoms with van der Waals surface area (Å²) in [7, 11) is 3.24. The quantitative estimate of drug-likeness (QED) is 0.225. The zero-order valence-electron chi connectivity index (χ0n) is 23.2. The van der Waals surface area contributed by atoms with E-state index >= 15 is 4.39 Å². The van der Waals surface area contributed by atoms with Crippen LogP contribution in [0.4, 0.5) is 8.78 Å². The van der Waals surface area contributed by atoms with Crippen LogP contribution in [-0.2, 0) is 11.0 Å². The minimum absolute atomic E-state index is 0.267. The highest BCUT2D eigenvalue weighted by Gasteiger charge is 2.44. The van der Waals surface area contributed by atoms with Gasteiger partial charge in [0.15, 0.2) is 5.60 Å². The summed E-state index contributed by atoms with van der Waals surface area (Å²) in [5.74, 6) is 0.537. The lowest BCUT2D eigenvalue weighted by Gasteiger charge is -2.38. The van der Waals surface area contributed by atoms with E-state index in [1.54, 1.807) is 14.2 Å². The van der Waals surface area contributed by atoms with Gasteiger partial charge in [0.1, 0.15) is 28.9 Å². The van der Waals surface area contributed by atoms with Crippen molar-refractivity contribution >= 4 is 16.8 Å². The van der Waals surface area contributed by atoms with Crippen LogP contribution in [0.25, 0.3) is 28.0 Å². The second-order valence-electron chi connectivity index (χ2n) is 11.1. The van der Waals surface area contributed by atoms with Gasteiger partial charge in [0.25, 0.3) is 0 Å². The van der Waals surface area contributed by atoms with E-state index in [1.807, 2.05) is 78.9 Å². The maximum atomic E-state index is 15.9. The van der Waals surface area contributed by atoms with Gasteiger partial charge in [0.2, 0.25) is 0 Å². The van der Waals surface area contributed by atoms with Gasteiger partial charge >= 0.3 is 0 Å². The standard InChI is InChI=1S/C36H28F2O3/c1-35(2)29-8-6-5-7-26(29)31-28-19-23(37)20-30(38)32(28)34-27(33(31)35)17-18-36(41-34,21-9-13-24(39-3)14-10-21)22-11-15-25(40-4)16-12-22/h5-20H,1-4H3. The first-order valence-corrected chi connectivity index (χ1v) is 13.5. The van der Waals surface area contributed by atoms with E-state index in [1.165, 1.54) is 6.07 Å². The van der Waals surface area contributed by atoms with Crippen LogP contribution in [0.1, 0.15) is 41.7 Å². The molecular formula is C36H28F2O3. The molecule has 5 aromatic carbocycles. The molecule has 1 aliphatic carbocycles. The zero-order chi connectivity index (χ0) is 28.5. The fourth-order valence-corrected chi connectivity index (χ4v) is 6.64. The molecule has 5 heteroatoms. The Labute approximate surface area is 237 Å². The fraction of sp³-hybridized carbons (Fsp3) is 0.167. The predicted octanol–water partition coefficient (Wildman–Crippen LogP) is 8.79. The number of halogens is 2. The Morgan fingerprint density at radius 1 is 0.756 bits per heavy atom. The van der Waals surface area contributed by atoms with Crippen molar-refractivity contribution in [1.82, 2.24) is 0 Å². The molecule has 0 spiro atoms. The monoisotopic (exact) mass is 546 g/mol. The molecule has 204 valence electrons. The third-order valence-electron chi connectivity index (χ3n) is 8.60. The number of rotatable bonds is 4. The number of methoxy groups -OCH3 is 2. The van der Waals surface area contributed by atoms with Gasteiger partial charge in [-0.05, 0) is 64.0 Å². The van der Waals surface area contributed by atoms with Crippen molar-refractivity contribution in [1.29, 1.82) is 0 Å². The SMILES string of the molecule is COc1ccc(C2(c3ccc(OC)cc3)C=Cc3c4c(c5cc(F)cc(F)c5c3O2)-c2ccccc2C4(C)C)cc1. The van der Waals surface area contributed by atoms with Crippen LogP contribution in [0.5, 0.6) is 17.2 Å². The van der Waals surface area contributed by atoms with Gasteiger partial charge in [-0.15, -0.1) is 0 Å². The summed E-state index contributed by atoms with van der Waals surface area (Å²) in [6, 6.07) is 25.8. The van der Waals surface area contributed by atoms with E-state index in [-0.39, 0.29) is 5.39 Å². The summed E-state index contributed by atoms with van der Waals surface area (Å²) in [4.78, 5) is 0.